The Morgan fingerprint density at radius 1 is 0.917 bits per heavy atom. The van der Waals surface area contributed by atoms with Gasteiger partial charge in [-0.2, -0.15) is 0 Å². The van der Waals surface area contributed by atoms with Gasteiger partial charge in [0.2, 0.25) is 0 Å². The topological polar surface area (TPSA) is 39.9 Å². The van der Waals surface area contributed by atoms with Crippen molar-refractivity contribution in [2.45, 2.75) is 6.54 Å². The lowest BCUT2D eigenvalue weighted by molar-refractivity contribution is 0.415. The maximum absolute atomic E-state index is 5.22. The van der Waals surface area contributed by atoms with Gasteiger partial charge in [-0.1, -0.05) is 42.5 Å². The zero-order chi connectivity index (χ0) is 16.4. The van der Waals surface area contributed by atoms with Crippen molar-refractivity contribution in [3.8, 4) is 17.1 Å². The van der Waals surface area contributed by atoms with Gasteiger partial charge in [0.05, 0.1) is 13.7 Å². The van der Waals surface area contributed by atoms with Gasteiger partial charge in [-0.3, -0.25) is 0 Å². The van der Waals surface area contributed by atoms with Crippen molar-refractivity contribution in [2.24, 2.45) is 0 Å². The second kappa shape index (κ2) is 6.16. The Bertz CT molecular complexity index is 968. The van der Waals surface area contributed by atoms with E-state index in [2.05, 4.69) is 57.2 Å². The molecule has 4 aromatic rings. The van der Waals surface area contributed by atoms with Crippen LogP contribution in [0.15, 0.2) is 73.1 Å². The number of hydrogen-bond donors (Lipinski definition) is 0. The molecule has 0 aliphatic carbocycles. The summed E-state index contributed by atoms with van der Waals surface area (Å²) in [5, 5.41) is 10.9. The Kier molecular flexibility index (Phi) is 3.71. The van der Waals surface area contributed by atoms with Crippen molar-refractivity contribution in [3.63, 3.8) is 0 Å². The standard InChI is InChI=1S/C20H17N3O/c1-24-18-11-9-16(10-12-18)20-22-21-14-23(20)13-17-7-4-6-15-5-2-3-8-19(15)17/h2-12,14H,13H2,1H3. The minimum absolute atomic E-state index is 0.732. The molecule has 0 aliphatic heterocycles. The van der Waals surface area contributed by atoms with Crippen LogP contribution in [0.3, 0.4) is 0 Å². The molecule has 0 unspecified atom stereocenters. The zero-order valence-electron chi connectivity index (χ0n) is 13.4. The first kappa shape index (κ1) is 14.5. The summed E-state index contributed by atoms with van der Waals surface area (Å²) < 4.78 is 7.29. The van der Waals surface area contributed by atoms with Crippen molar-refractivity contribution in [3.05, 3.63) is 78.6 Å². The van der Waals surface area contributed by atoms with Crippen LogP contribution in [0, 0.1) is 0 Å². The third kappa shape index (κ3) is 2.63. The highest BCUT2D eigenvalue weighted by molar-refractivity contribution is 5.85. The van der Waals surface area contributed by atoms with Gasteiger partial charge in [0, 0.05) is 5.56 Å². The number of nitrogens with zero attached hydrogens (tertiary/aromatic N) is 3. The predicted octanol–water partition coefficient (Wildman–Crippen LogP) is 4.16. The van der Waals surface area contributed by atoms with Crippen LogP contribution in [-0.4, -0.2) is 21.9 Å². The van der Waals surface area contributed by atoms with Crippen molar-refractivity contribution in [1.29, 1.82) is 0 Å². The molecule has 0 fully saturated rings. The van der Waals surface area contributed by atoms with E-state index in [4.69, 9.17) is 4.74 Å². The van der Waals surface area contributed by atoms with Gasteiger partial charge < -0.3 is 9.30 Å². The van der Waals surface area contributed by atoms with E-state index in [1.165, 1.54) is 16.3 Å². The fourth-order valence-corrected chi connectivity index (χ4v) is 2.95. The molecule has 0 radical (unpaired) electrons. The Balaban J connectivity index is 1.72. The SMILES string of the molecule is COc1ccc(-c2nncn2Cc2cccc3ccccc23)cc1. The molecule has 4 heteroatoms. The van der Waals surface area contributed by atoms with E-state index in [1.54, 1.807) is 13.4 Å². The van der Waals surface area contributed by atoms with Crippen molar-refractivity contribution in [2.75, 3.05) is 7.11 Å². The van der Waals surface area contributed by atoms with Crippen LogP contribution < -0.4 is 4.74 Å². The quantitative estimate of drug-likeness (QED) is 0.568. The summed E-state index contributed by atoms with van der Waals surface area (Å²) in [5.74, 6) is 1.68. The predicted molar refractivity (Wildman–Crippen MR) is 95.1 cm³/mol. The number of aromatic nitrogens is 3. The molecule has 0 saturated heterocycles. The van der Waals surface area contributed by atoms with E-state index < -0.39 is 0 Å². The molecule has 0 saturated carbocycles. The van der Waals surface area contributed by atoms with E-state index in [0.717, 1.165) is 23.7 Å². The van der Waals surface area contributed by atoms with E-state index >= 15 is 0 Å². The second-order valence-corrected chi connectivity index (χ2v) is 5.65. The monoisotopic (exact) mass is 315 g/mol. The second-order valence-electron chi connectivity index (χ2n) is 5.65. The summed E-state index contributed by atoms with van der Waals surface area (Å²) in [6.45, 7) is 0.732. The molecule has 0 bridgehead atoms. The molecule has 3 aromatic carbocycles. The number of benzene rings is 3. The van der Waals surface area contributed by atoms with E-state index in [0.29, 0.717) is 0 Å². The van der Waals surface area contributed by atoms with Gasteiger partial charge >= 0.3 is 0 Å². The van der Waals surface area contributed by atoms with Crippen molar-refractivity contribution >= 4 is 10.8 Å². The first-order chi connectivity index (χ1) is 11.8. The fourth-order valence-electron chi connectivity index (χ4n) is 2.95. The van der Waals surface area contributed by atoms with E-state index in [9.17, 15) is 0 Å². The number of hydrogen-bond acceptors (Lipinski definition) is 3. The highest BCUT2D eigenvalue weighted by atomic mass is 16.5. The van der Waals surface area contributed by atoms with Gasteiger partial charge in [0.15, 0.2) is 5.82 Å². The van der Waals surface area contributed by atoms with Crippen LogP contribution in [0.1, 0.15) is 5.56 Å². The lowest BCUT2D eigenvalue weighted by atomic mass is 10.0. The smallest absolute Gasteiger partial charge is 0.164 e. The zero-order valence-corrected chi connectivity index (χ0v) is 13.4. The first-order valence-corrected chi connectivity index (χ1v) is 7.84. The van der Waals surface area contributed by atoms with Crippen molar-refractivity contribution in [1.82, 2.24) is 14.8 Å². The van der Waals surface area contributed by atoms with E-state index in [-0.39, 0.29) is 0 Å². The average molecular weight is 315 g/mol. The molecule has 1 aromatic heterocycles. The summed E-state index contributed by atoms with van der Waals surface area (Å²) >= 11 is 0. The molecular weight excluding hydrogens is 298 g/mol. The summed E-state index contributed by atoms with van der Waals surface area (Å²) in [7, 11) is 1.66. The highest BCUT2D eigenvalue weighted by Crippen LogP contribution is 2.23. The average Bonchev–Trinajstić information content (AvgIpc) is 3.10. The minimum Gasteiger partial charge on any atom is -0.497 e. The van der Waals surface area contributed by atoms with Crippen molar-refractivity contribution < 1.29 is 4.74 Å². The normalized spacial score (nSPS) is 10.9. The number of methoxy groups -OCH3 is 1. The molecule has 1 heterocycles. The third-order valence-corrected chi connectivity index (χ3v) is 4.18. The van der Waals surface area contributed by atoms with Gasteiger partial charge in [-0.05, 0) is 40.6 Å². The van der Waals surface area contributed by atoms with Crippen LogP contribution in [0.2, 0.25) is 0 Å². The molecule has 0 N–H and O–H groups in total. The summed E-state index contributed by atoms with van der Waals surface area (Å²) in [4.78, 5) is 0. The van der Waals surface area contributed by atoms with Gasteiger partial charge in [-0.15, -0.1) is 10.2 Å². The number of ether oxygens (including phenoxy) is 1. The lowest BCUT2D eigenvalue weighted by Crippen LogP contribution is -2.01. The maximum Gasteiger partial charge on any atom is 0.164 e. The molecule has 4 nitrogen and oxygen atoms in total. The summed E-state index contributed by atoms with van der Waals surface area (Å²) in [6, 6.07) is 22.7. The molecule has 0 amide bonds. The third-order valence-electron chi connectivity index (χ3n) is 4.18. The molecule has 24 heavy (non-hydrogen) atoms. The fraction of sp³-hybridized carbons (Fsp3) is 0.100. The highest BCUT2D eigenvalue weighted by Gasteiger charge is 2.09. The van der Waals surface area contributed by atoms with Gasteiger partial charge in [0.1, 0.15) is 12.1 Å². The van der Waals surface area contributed by atoms with Crippen LogP contribution in [0.25, 0.3) is 22.2 Å². The molecular formula is C20H17N3O. The molecule has 0 spiro atoms. The molecule has 0 atom stereocenters. The lowest BCUT2D eigenvalue weighted by Gasteiger charge is -2.10. The molecule has 4 rings (SSSR count). The maximum atomic E-state index is 5.22. The molecule has 118 valence electrons. The van der Waals surface area contributed by atoms with Crippen LogP contribution in [0.5, 0.6) is 5.75 Å². The number of rotatable bonds is 4. The van der Waals surface area contributed by atoms with Gasteiger partial charge in [-0.25, -0.2) is 0 Å². The summed E-state index contributed by atoms with van der Waals surface area (Å²) in [6.07, 6.45) is 1.78. The molecule has 0 aliphatic rings. The Hall–Kier alpha value is -3.14. The Labute approximate surface area is 140 Å². The summed E-state index contributed by atoms with van der Waals surface area (Å²) in [5.41, 5.74) is 2.27. The number of fused-ring (bicyclic) bond motifs is 1. The Morgan fingerprint density at radius 2 is 1.71 bits per heavy atom. The minimum atomic E-state index is 0.732. The van der Waals surface area contributed by atoms with E-state index in [1.807, 2.05) is 24.3 Å². The Morgan fingerprint density at radius 3 is 2.54 bits per heavy atom. The van der Waals surface area contributed by atoms with Gasteiger partial charge in [0.25, 0.3) is 0 Å². The first-order valence-electron chi connectivity index (χ1n) is 7.84. The largest absolute Gasteiger partial charge is 0.497 e. The van der Waals surface area contributed by atoms with Crippen LogP contribution in [0.4, 0.5) is 0 Å². The van der Waals surface area contributed by atoms with Crippen LogP contribution in [-0.2, 0) is 6.54 Å². The van der Waals surface area contributed by atoms with Crippen LogP contribution >= 0.6 is 0 Å².